The standard InChI is InChI=1S/C15H16ClN3O3S/c1-17-23(21,22)10-12-4-2-3-11(7-12)9-19-15(20)14-8-13(16)5-6-18-14/h2-8,17H,9-10H2,1H3,(H,19,20). The molecule has 0 aliphatic carbocycles. The van der Waals surface area contributed by atoms with Crippen LogP contribution in [0.5, 0.6) is 0 Å². The minimum Gasteiger partial charge on any atom is -0.347 e. The Morgan fingerprint density at radius 2 is 1.96 bits per heavy atom. The van der Waals surface area contributed by atoms with Crippen LogP contribution in [0, 0.1) is 0 Å². The molecule has 1 aromatic carbocycles. The van der Waals surface area contributed by atoms with Gasteiger partial charge in [0, 0.05) is 17.8 Å². The Bertz CT molecular complexity index is 809. The summed E-state index contributed by atoms with van der Waals surface area (Å²) in [6, 6.07) is 10.1. The van der Waals surface area contributed by atoms with Crippen molar-refractivity contribution < 1.29 is 13.2 Å². The first-order chi connectivity index (χ1) is 10.9. The molecular formula is C15H16ClN3O3S. The van der Waals surface area contributed by atoms with Crippen molar-refractivity contribution in [2.45, 2.75) is 12.3 Å². The van der Waals surface area contributed by atoms with Crippen LogP contribution in [0.3, 0.4) is 0 Å². The molecule has 0 aliphatic rings. The van der Waals surface area contributed by atoms with Crippen LogP contribution in [-0.2, 0) is 22.3 Å². The molecule has 0 unspecified atom stereocenters. The lowest BCUT2D eigenvalue weighted by atomic mass is 10.1. The van der Waals surface area contributed by atoms with E-state index in [4.69, 9.17) is 11.6 Å². The van der Waals surface area contributed by atoms with Crippen LogP contribution in [-0.4, -0.2) is 26.4 Å². The number of nitrogens with zero attached hydrogens (tertiary/aromatic N) is 1. The highest BCUT2D eigenvalue weighted by Crippen LogP contribution is 2.10. The highest BCUT2D eigenvalue weighted by Gasteiger charge is 2.10. The molecule has 0 saturated heterocycles. The van der Waals surface area contributed by atoms with Gasteiger partial charge in [-0.2, -0.15) is 0 Å². The SMILES string of the molecule is CNS(=O)(=O)Cc1cccc(CNC(=O)c2cc(Cl)ccn2)c1. The molecule has 1 amide bonds. The number of aromatic nitrogens is 1. The molecule has 0 fully saturated rings. The fourth-order valence-electron chi connectivity index (χ4n) is 1.92. The zero-order chi connectivity index (χ0) is 16.9. The van der Waals surface area contributed by atoms with Crippen molar-refractivity contribution in [1.29, 1.82) is 0 Å². The number of carbonyl (C=O) groups excluding carboxylic acids is 1. The summed E-state index contributed by atoms with van der Waals surface area (Å²) in [5.41, 5.74) is 1.67. The number of pyridine rings is 1. The molecule has 1 aromatic heterocycles. The Morgan fingerprint density at radius 3 is 2.65 bits per heavy atom. The molecule has 0 atom stereocenters. The largest absolute Gasteiger partial charge is 0.347 e. The minimum absolute atomic E-state index is 0.110. The van der Waals surface area contributed by atoms with Crippen molar-refractivity contribution in [3.63, 3.8) is 0 Å². The summed E-state index contributed by atoms with van der Waals surface area (Å²) in [7, 11) is -1.96. The molecule has 6 nitrogen and oxygen atoms in total. The first-order valence-electron chi connectivity index (χ1n) is 6.78. The van der Waals surface area contributed by atoms with Crippen LogP contribution in [0.4, 0.5) is 0 Å². The Morgan fingerprint density at radius 1 is 1.22 bits per heavy atom. The first kappa shape index (κ1) is 17.4. The second kappa shape index (κ2) is 7.54. The third-order valence-electron chi connectivity index (χ3n) is 3.07. The van der Waals surface area contributed by atoms with Gasteiger partial charge in [0.25, 0.3) is 5.91 Å². The van der Waals surface area contributed by atoms with Gasteiger partial charge in [0.05, 0.1) is 5.75 Å². The average molecular weight is 354 g/mol. The molecule has 0 aliphatic heterocycles. The molecule has 122 valence electrons. The summed E-state index contributed by atoms with van der Waals surface area (Å²) in [4.78, 5) is 15.9. The van der Waals surface area contributed by atoms with Gasteiger partial charge >= 0.3 is 0 Å². The van der Waals surface area contributed by atoms with Gasteiger partial charge in [0.15, 0.2) is 0 Å². The van der Waals surface area contributed by atoms with Crippen LogP contribution in [0.2, 0.25) is 5.02 Å². The van der Waals surface area contributed by atoms with Crippen molar-refractivity contribution in [2.75, 3.05) is 7.05 Å². The smallest absolute Gasteiger partial charge is 0.270 e. The van der Waals surface area contributed by atoms with Gasteiger partial charge in [0.1, 0.15) is 5.69 Å². The van der Waals surface area contributed by atoms with Crippen molar-refractivity contribution in [3.8, 4) is 0 Å². The number of halogens is 1. The second-order valence-corrected chi connectivity index (χ2v) is 7.19. The quantitative estimate of drug-likeness (QED) is 0.827. The summed E-state index contributed by atoms with van der Waals surface area (Å²) in [5, 5.41) is 3.16. The molecule has 2 rings (SSSR count). The van der Waals surface area contributed by atoms with E-state index in [1.165, 1.54) is 19.3 Å². The fourth-order valence-corrected chi connectivity index (χ4v) is 2.85. The number of carbonyl (C=O) groups is 1. The van der Waals surface area contributed by atoms with E-state index >= 15 is 0 Å². The highest BCUT2D eigenvalue weighted by molar-refractivity contribution is 7.88. The average Bonchev–Trinajstić information content (AvgIpc) is 2.52. The zero-order valence-electron chi connectivity index (χ0n) is 12.4. The van der Waals surface area contributed by atoms with Gasteiger partial charge in [-0.1, -0.05) is 35.9 Å². The predicted octanol–water partition coefficient (Wildman–Crippen LogP) is 1.71. The maximum Gasteiger partial charge on any atom is 0.270 e. The van der Waals surface area contributed by atoms with Crippen molar-refractivity contribution >= 4 is 27.5 Å². The number of sulfonamides is 1. The lowest BCUT2D eigenvalue weighted by Gasteiger charge is -2.08. The second-order valence-electron chi connectivity index (χ2n) is 4.83. The maximum atomic E-state index is 12.0. The minimum atomic E-state index is -3.33. The lowest BCUT2D eigenvalue weighted by Crippen LogP contribution is -2.24. The topological polar surface area (TPSA) is 88.2 Å². The lowest BCUT2D eigenvalue weighted by molar-refractivity contribution is 0.0946. The van der Waals surface area contributed by atoms with E-state index in [1.54, 1.807) is 30.3 Å². The molecule has 0 saturated carbocycles. The van der Waals surface area contributed by atoms with Crippen molar-refractivity contribution in [2.24, 2.45) is 0 Å². The Balaban J connectivity index is 2.02. The van der Waals surface area contributed by atoms with Crippen molar-refractivity contribution in [3.05, 3.63) is 64.4 Å². The summed E-state index contributed by atoms with van der Waals surface area (Å²) in [6.45, 7) is 0.264. The summed E-state index contributed by atoms with van der Waals surface area (Å²) in [5.74, 6) is -0.457. The molecule has 0 radical (unpaired) electrons. The van der Waals surface area contributed by atoms with Gasteiger partial charge < -0.3 is 5.32 Å². The molecule has 0 spiro atoms. The van der Waals surface area contributed by atoms with E-state index in [1.807, 2.05) is 0 Å². The molecule has 0 bridgehead atoms. The summed E-state index contributed by atoms with van der Waals surface area (Å²) >= 11 is 5.82. The number of hydrogen-bond donors (Lipinski definition) is 2. The van der Waals surface area contributed by atoms with E-state index in [-0.39, 0.29) is 23.9 Å². The monoisotopic (exact) mass is 353 g/mol. The number of nitrogens with one attached hydrogen (secondary N) is 2. The van der Waals surface area contributed by atoms with Gasteiger partial charge in [-0.3, -0.25) is 9.78 Å². The maximum absolute atomic E-state index is 12.0. The van der Waals surface area contributed by atoms with Gasteiger partial charge in [-0.05, 0) is 30.3 Å². The van der Waals surface area contributed by atoms with Crippen LogP contribution in [0.15, 0.2) is 42.6 Å². The molecular weight excluding hydrogens is 338 g/mol. The van der Waals surface area contributed by atoms with Gasteiger partial charge in [-0.25, -0.2) is 13.1 Å². The predicted molar refractivity (Wildman–Crippen MR) is 88.5 cm³/mol. The fraction of sp³-hybridized carbons (Fsp3) is 0.200. The highest BCUT2D eigenvalue weighted by atomic mass is 35.5. The van der Waals surface area contributed by atoms with E-state index in [2.05, 4.69) is 15.0 Å². The van der Waals surface area contributed by atoms with E-state index < -0.39 is 10.0 Å². The van der Waals surface area contributed by atoms with Gasteiger partial charge in [-0.15, -0.1) is 0 Å². The third kappa shape index (κ3) is 5.31. The Labute approximate surface area is 139 Å². The number of amides is 1. The van der Waals surface area contributed by atoms with Crippen LogP contribution in [0.25, 0.3) is 0 Å². The van der Waals surface area contributed by atoms with Crippen LogP contribution < -0.4 is 10.0 Å². The Kier molecular flexibility index (Phi) is 5.70. The molecule has 1 heterocycles. The number of benzene rings is 1. The normalized spacial score (nSPS) is 11.2. The Hall–Kier alpha value is -1.96. The number of hydrogen-bond acceptors (Lipinski definition) is 4. The molecule has 8 heteroatoms. The van der Waals surface area contributed by atoms with Gasteiger partial charge in [0.2, 0.25) is 10.0 Å². The van der Waals surface area contributed by atoms with E-state index in [9.17, 15) is 13.2 Å². The molecule has 2 aromatic rings. The van der Waals surface area contributed by atoms with Crippen LogP contribution >= 0.6 is 11.6 Å². The summed E-state index contributed by atoms with van der Waals surface area (Å²) < 4.78 is 25.4. The summed E-state index contributed by atoms with van der Waals surface area (Å²) in [6.07, 6.45) is 1.46. The number of rotatable bonds is 6. The van der Waals surface area contributed by atoms with E-state index in [0.29, 0.717) is 10.6 Å². The zero-order valence-corrected chi connectivity index (χ0v) is 14.0. The van der Waals surface area contributed by atoms with Crippen molar-refractivity contribution in [1.82, 2.24) is 15.0 Å². The molecule has 2 N–H and O–H groups in total. The third-order valence-corrected chi connectivity index (χ3v) is 4.64. The van der Waals surface area contributed by atoms with Crippen LogP contribution in [0.1, 0.15) is 21.6 Å². The molecule has 23 heavy (non-hydrogen) atoms. The first-order valence-corrected chi connectivity index (χ1v) is 8.81. The van der Waals surface area contributed by atoms with E-state index in [0.717, 1.165) is 5.56 Å².